The minimum atomic E-state index is -1.01. The van der Waals surface area contributed by atoms with Crippen LogP contribution in [0.3, 0.4) is 0 Å². The van der Waals surface area contributed by atoms with Gasteiger partial charge >= 0.3 is 0 Å². The lowest BCUT2D eigenvalue weighted by Gasteiger charge is -2.41. The van der Waals surface area contributed by atoms with Gasteiger partial charge in [0.25, 0.3) is 0 Å². The summed E-state index contributed by atoms with van der Waals surface area (Å²) in [4.78, 5) is 29.6. The maximum atomic E-state index is 12.6. The third kappa shape index (κ3) is 5.18. The van der Waals surface area contributed by atoms with Crippen molar-refractivity contribution in [3.63, 3.8) is 0 Å². The van der Waals surface area contributed by atoms with E-state index >= 15 is 0 Å². The van der Waals surface area contributed by atoms with Crippen LogP contribution in [0.2, 0.25) is 5.02 Å². The van der Waals surface area contributed by atoms with Gasteiger partial charge in [-0.15, -0.1) is 0 Å². The maximum absolute atomic E-state index is 12.6. The Labute approximate surface area is 161 Å². The highest BCUT2D eigenvalue weighted by Gasteiger charge is 2.41. The van der Waals surface area contributed by atoms with Gasteiger partial charge in [0.2, 0.25) is 11.8 Å². The third-order valence-electron chi connectivity index (χ3n) is 4.18. The number of morpholine rings is 1. The van der Waals surface area contributed by atoms with Gasteiger partial charge in [0, 0.05) is 11.6 Å². The molecule has 9 nitrogen and oxygen atoms in total. The van der Waals surface area contributed by atoms with E-state index in [-0.39, 0.29) is 38.6 Å². The van der Waals surface area contributed by atoms with Gasteiger partial charge in [0.1, 0.15) is 37.2 Å². The molecule has 0 bridgehead atoms. The highest BCUT2D eigenvalue weighted by Crippen LogP contribution is 2.25. The fourth-order valence-electron chi connectivity index (χ4n) is 2.92. The van der Waals surface area contributed by atoms with Gasteiger partial charge < -0.3 is 20.1 Å². The van der Waals surface area contributed by atoms with Crippen molar-refractivity contribution in [3.05, 3.63) is 41.9 Å². The summed E-state index contributed by atoms with van der Waals surface area (Å²) >= 11 is 5.87. The Bertz CT molecular complexity index is 783. The first kappa shape index (κ1) is 19.1. The van der Waals surface area contributed by atoms with E-state index in [1.54, 1.807) is 29.2 Å². The van der Waals surface area contributed by atoms with Gasteiger partial charge in [0.15, 0.2) is 0 Å². The van der Waals surface area contributed by atoms with Gasteiger partial charge in [-0.25, -0.2) is 9.67 Å². The predicted molar refractivity (Wildman–Crippen MR) is 96.0 cm³/mol. The predicted octanol–water partition coefficient (Wildman–Crippen LogP) is 0.483. The summed E-state index contributed by atoms with van der Waals surface area (Å²) in [5.74, 6) is -0.0951. The Kier molecular flexibility index (Phi) is 5.92. The van der Waals surface area contributed by atoms with E-state index < -0.39 is 11.5 Å². The average molecular weight is 394 g/mol. The summed E-state index contributed by atoms with van der Waals surface area (Å²) in [6.07, 6.45) is 2.77. The van der Waals surface area contributed by atoms with Crippen LogP contribution in [-0.4, -0.2) is 63.4 Å². The van der Waals surface area contributed by atoms with E-state index in [1.807, 2.05) is 0 Å². The molecule has 0 spiro atoms. The fraction of sp³-hybridized carbons (Fsp3) is 0.412. The van der Waals surface area contributed by atoms with Crippen molar-refractivity contribution in [3.8, 4) is 5.75 Å². The van der Waals surface area contributed by atoms with Crippen LogP contribution in [0, 0.1) is 0 Å². The molecule has 2 heterocycles. The molecular weight excluding hydrogens is 374 g/mol. The number of hydrogen-bond acceptors (Lipinski definition) is 6. The first-order valence-electron chi connectivity index (χ1n) is 8.37. The molecule has 0 radical (unpaired) electrons. The molecule has 3 rings (SSSR count). The monoisotopic (exact) mass is 393 g/mol. The number of primary amides is 1. The Hall–Kier alpha value is -2.65. The van der Waals surface area contributed by atoms with Crippen LogP contribution in [0.1, 0.15) is 6.42 Å². The standard InChI is InChI=1S/C17H20ClN5O4/c18-13-1-3-14(4-2-13)26-10-17(7-15(19)24)9-22(5-6-27-17)16(25)8-23-12-20-11-21-23/h1-4,11-12H,5-10H2,(H2,19,24). The Morgan fingerprint density at radius 3 is 2.78 bits per heavy atom. The largest absolute Gasteiger partial charge is 0.490 e. The molecule has 1 aromatic heterocycles. The fourth-order valence-corrected chi connectivity index (χ4v) is 3.05. The van der Waals surface area contributed by atoms with E-state index in [1.165, 1.54) is 17.3 Å². The molecule has 1 saturated heterocycles. The number of carbonyl (C=O) groups is 2. The lowest BCUT2D eigenvalue weighted by atomic mass is 9.97. The zero-order valence-electron chi connectivity index (χ0n) is 14.6. The number of nitrogens with zero attached hydrogens (tertiary/aromatic N) is 4. The van der Waals surface area contributed by atoms with Crippen molar-refractivity contribution in [1.82, 2.24) is 19.7 Å². The first-order chi connectivity index (χ1) is 13.0. The van der Waals surface area contributed by atoms with Crippen LogP contribution in [0.25, 0.3) is 0 Å². The molecule has 1 fully saturated rings. The van der Waals surface area contributed by atoms with Crippen LogP contribution in [0.5, 0.6) is 5.75 Å². The minimum absolute atomic E-state index is 0.0602. The van der Waals surface area contributed by atoms with Gasteiger partial charge in [-0.05, 0) is 24.3 Å². The number of aromatic nitrogens is 3. The van der Waals surface area contributed by atoms with Crippen molar-refractivity contribution < 1.29 is 19.1 Å². The van der Waals surface area contributed by atoms with Gasteiger partial charge in [-0.3, -0.25) is 9.59 Å². The lowest BCUT2D eigenvalue weighted by molar-refractivity contribution is -0.162. The van der Waals surface area contributed by atoms with Crippen LogP contribution < -0.4 is 10.5 Å². The second kappa shape index (κ2) is 8.36. The van der Waals surface area contributed by atoms with Crippen LogP contribution in [0.4, 0.5) is 0 Å². The van der Waals surface area contributed by atoms with E-state index in [9.17, 15) is 9.59 Å². The quantitative estimate of drug-likeness (QED) is 0.732. The Balaban J connectivity index is 1.69. The van der Waals surface area contributed by atoms with Crippen molar-refractivity contribution in [2.45, 2.75) is 18.6 Å². The summed E-state index contributed by atoms with van der Waals surface area (Å²) in [7, 11) is 0. The minimum Gasteiger partial charge on any atom is -0.490 e. The molecule has 0 aliphatic carbocycles. The van der Waals surface area contributed by atoms with Crippen molar-refractivity contribution in [2.24, 2.45) is 5.73 Å². The van der Waals surface area contributed by atoms with Crippen LogP contribution >= 0.6 is 11.6 Å². The third-order valence-corrected chi connectivity index (χ3v) is 4.43. The molecule has 1 aliphatic rings. The molecule has 2 N–H and O–H groups in total. The number of ether oxygens (including phenoxy) is 2. The highest BCUT2D eigenvalue weighted by atomic mass is 35.5. The van der Waals surface area contributed by atoms with Crippen molar-refractivity contribution in [2.75, 3.05) is 26.3 Å². The number of rotatable bonds is 7. The van der Waals surface area contributed by atoms with Crippen LogP contribution in [-0.2, 0) is 20.9 Å². The molecule has 144 valence electrons. The van der Waals surface area contributed by atoms with Gasteiger partial charge in [0.05, 0.1) is 19.6 Å². The SMILES string of the molecule is NC(=O)CC1(COc2ccc(Cl)cc2)CN(C(=O)Cn2cncn2)CCO1. The number of halogens is 1. The molecule has 1 aromatic carbocycles. The topological polar surface area (TPSA) is 113 Å². The van der Waals surface area contributed by atoms with E-state index in [0.717, 1.165) is 0 Å². The lowest BCUT2D eigenvalue weighted by Crippen LogP contribution is -2.58. The second-order valence-corrected chi connectivity index (χ2v) is 6.76. The molecule has 2 amide bonds. The zero-order chi connectivity index (χ0) is 19.3. The summed E-state index contributed by atoms with van der Waals surface area (Å²) in [6.45, 7) is 1.02. The Morgan fingerprint density at radius 2 is 2.11 bits per heavy atom. The molecule has 1 aliphatic heterocycles. The van der Waals surface area contributed by atoms with Gasteiger partial charge in [-0.1, -0.05) is 11.6 Å². The van der Waals surface area contributed by atoms with E-state index in [0.29, 0.717) is 17.3 Å². The number of amides is 2. The van der Waals surface area contributed by atoms with Gasteiger partial charge in [-0.2, -0.15) is 5.10 Å². The summed E-state index contributed by atoms with van der Waals surface area (Å²) in [5, 5.41) is 4.53. The number of nitrogens with two attached hydrogens (primary N) is 1. The molecule has 1 atom stereocenters. The zero-order valence-corrected chi connectivity index (χ0v) is 15.3. The summed E-state index contributed by atoms with van der Waals surface area (Å²) in [6, 6.07) is 6.84. The summed E-state index contributed by atoms with van der Waals surface area (Å²) in [5.41, 5.74) is 4.40. The molecule has 0 saturated carbocycles. The number of carbonyl (C=O) groups excluding carboxylic acids is 2. The molecular formula is C17H20ClN5O4. The summed E-state index contributed by atoms with van der Waals surface area (Å²) < 4.78 is 13.1. The second-order valence-electron chi connectivity index (χ2n) is 6.33. The highest BCUT2D eigenvalue weighted by molar-refractivity contribution is 6.30. The average Bonchev–Trinajstić information content (AvgIpc) is 3.14. The van der Waals surface area contributed by atoms with E-state index in [4.69, 9.17) is 26.8 Å². The van der Waals surface area contributed by atoms with E-state index in [2.05, 4.69) is 10.1 Å². The smallest absolute Gasteiger partial charge is 0.244 e. The Morgan fingerprint density at radius 1 is 1.33 bits per heavy atom. The molecule has 1 unspecified atom stereocenters. The van der Waals surface area contributed by atoms with Crippen LogP contribution in [0.15, 0.2) is 36.9 Å². The molecule has 10 heteroatoms. The molecule has 27 heavy (non-hydrogen) atoms. The normalized spacial score (nSPS) is 19.7. The first-order valence-corrected chi connectivity index (χ1v) is 8.74. The maximum Gasteiger partial charge on any atom is 0.244 e. The molecule has 2 aromatic rings. The van der Waals surface area contributed by atoms with Crippen molar-refractivity contribution >= 4 is 23.4 Å². The van der Waals surface area contributed by atoms with Crippen molar-refractivity contribution in [1.29, 1.82) is 0 Å². The number of benzene rings is 1. The number of hydrogen-bond donors (Lipinski definition) is 1.